The Morgan fingerprint density at radius 2 is 2.00 bits per heavy atom. The zero-order valence-electron chi connectivity index (χ0n) is 14.0. The van der Waals surface area contributed by atoms with Gasteiger partial charge in [-0.1, -0.05) is 30.3 Å². The van der Waals surface area contributed by atoms with Crippen LogP contribution < -0.4 is 0 Å². The van der Waals surface area contributed by atoms with Crippen molar-refractivity contribution < 1.29 is 19.5 Å². The quantitative estimate of drug-likeness (QED) is 0.858. The lowest BCUT2D eigenvalue weighted by Crippen LogP contribution is -2.49. The summed E-state index contributed by atoms with van der Waals surface area (Å²) in [6, 6.07) is 9.45. The van der Waals surface area contributed by atoms with Crippen LogP contribution in [0, 0.1) is 5.92 Å². The molecule has 1 aromatic rings. The lowest BCUT2D eigenvalue weighted by molar-refractivity contribution is -0.142. The average molecular weight is 362 g/mol. The molecule has 1 aromatic carbocycles. The molecular weight excluding hydrogens is 340 g/mol. The summed E-state index contributed by atoms with van der Waals surface area (Å²) in [5, 5.41) is 9.07. The maximum atomic E-state index is 12.9. The van der Waals surface area contributed by atoms with Crippen LogP contribution in [-0.4, -0.2) is 63.3 Å². The van der Waals surface area contributed by atoms with Gasteiger partial charge in [-0.3, -0.25) is 14.4 Å². The minimum atomic E-state index is -0.890. The first kappa shape index (κ1) is 17.8. The van der Waals surface area contributed by atoms with E-state index in [0.29, 0.717) is 25.4 Å². The van der Waals surface area contributed by atoms with Crippen molar-refractivity contribution in [3.05, 3.63) is 35.9 Å². The third-order valence-corrected chi connectivity index (χ3v) is 5.79. The zero-order chi connectivity index (χ0) is 17.8. The summed E-state index contributed by atoms with van der Waals surface area (Å²) < 4.78 is 0. The van der Waals surface area contributed by atoms with Gasteiger partial charge >= 0.3 is 5.97 Å². The van der Waals surface area contributed by atoms with Crippen molar-refractivity contribution in [3.63, 3.8) is 0 Å². The SMILES string of the molecule is O=C(O)CC1CSCCN1C(=O)C1CC(=O)N(Cc2ccccc2)C1. The van der Waals surface area contributed by atoms with Crippen LogP contribution in [0.15, 0.2) is 30.3 Å². The van der Waals surface area contributed by atoms with E-state index in [9.17, 15) is 14.4 Å². The summed E-state index contributed by atoms with van der Waals surface area (Å²) in [4.78, 5) is 39.6. The van der Waals surface area contributed by atoms with Gasteiger partial charge in [-0.25, -0.2) is 0 Å². The molecule has 1 N–H and O–H groups in total. The van der Waals surface area contributed by atoms with E-state index >= 15 is 0 Å². The second-order valence-corrected chi connectivity index (χ2v) is 7.67. The van der Waals surface area contributed by atoms with Crippen LogP contribution in [0.25, 0.3) is 0 Å². The molecule has 0 aliphatic carbocycles. The van der Waals surface area contributed by atoms with Gasteiger partial charge in [-0.2, -0.15) is 11.8 Å². The molecule has 0 spiro atoms. The molecule has 3 rings (SSSR count). The second-order valence-electron chi connectivity index (χ2n) is 6.52. The molecule has 25 heavy (non-hydrogen) atoms. The molecule has 0 aromatic heterocycles. The number of likely N-dealkylation sites (tertiary alicyclic amines) is 1. The van der Waals surface area contributed by atoms with Crippen LogP contribution in [0.5, 0.6) is 0 Å². The number of thioether (sulfide) groups is 1. The second kappa shape index (κ2) is 7.91. The average Bonchev–Trinajstić information content (AvgIpc) is 2.96. The first-order chi connectivity index (χ1) is 12.0. The minimum absolute atomic E-state index is 0.0108. The van der Waals surface area contributed by atoms with Gasteiger partial charge in [0.15, 0.2) is 0 Å². The number of carbonyl (C=O) groups excluding carboxylic acids is 2. The zero-order valence-corrected chi connectivity index (χ0v) is 14.8. The number of carboxylic acid groups (broad SMARTS) is 1. The fourth-order valence-corrected chi connectivity index (χ4v) is 4.51. The van der Waals surface area contributed by atoms with E-state index in [2.05, 4.69) is 0 Å². The highest BCUT2D eigenvalue weighted by Crippen LogP contribution is 2.26. The molecule has 134 valence electrons. The molecule has 7 heteroatoms. The summed E-state index contributed by atoms with van der Waals surface area (Å²) in [7, 11) is 0. The van der Waals surface area contributed by atoms with E-state index in [1.165, 1.54) is 0 Å². The van der Waals surface area contributed by atoms with Gasteiger partial charge in [0.25, 0.3) is 0 Å². The van der Waals surface area contributed by atoms with E-state index in [1.54, 1.807) is 21.6 Å². The number of hydrogen-bond acceptors (Lipinski definition) is 4. The Morgan fingerprint density at radius 3 is 2.72 bits per heavy atom. The summed E-state index contributed by atoms with van der Waals surface area (Å²) >= 11 is 1.68. The first-order valence-electron chi connectivity index (χ1n) is 8.46. The van der Waals surface area contributed by atoms with Gasteiger partial charge < -0.3 is 14.9 Å². The molecule has 2 saturated heterocycles. The van der Waals surface area contributed by atoms with Crippen molar-refractivity contribution in [1.29, 1.82) is 0 Å². The van der Waals surface area contributed by atoms with Gasteiger partial charge in [-0.05, 0) is 5.56 Å². The highest BCUT2D eigenvalue weighted by molar-refractivity contribution is 7.99. The highest BCUT2D eigenvalue weighted by Gasteiger charge is 2.39. The maximum absolute atomic E-state index is 12.9. The van der Waals surface area contributed by atoms with Crippen LogP contribution in [0.2, 0.25) is 0 Å². The van der Waals surface area contributed by atoms with Crippen LogP contribution in [-0.2, 0) is 20.9 Å². The molecule has 6 nitrogen and oxygen atoms in total. The Hall–Kier alpha value is -2.02. The Bertz CT molecular complexity index is 652. The van der Waals surface area contributed by atoms with Crippen LogP contribution >= 0.6 is 11.8 Å². The van der Waals surface area contributed by atoms with Gasteiger partial charge in [0.1, 0.15) is 0 Å². The maximum Gasteiger partial charge on any atom is 0.305 e. The molecule has 0 saturated carbocycles. The highest BCUT2D eigenvalue weighted by atomic mass is 32.2. The number of amides is 2. The van der Waals surface area contributed by atoms with Crippen LogP contribution in [0.4, 0.5) is 0 Å². The molecule has 2 aliphatic rings. The molecule has 2 fully saturated rings. The van der Waals surface area contributed by atoms with E-state index < -0.39 is 5.97 Å². The Labute approximate surface area is 151 Å². The van der Waals surface area contributed by atoms with E-state index in [0.717, 1.165) is 11.3 Å². The third kappa shape index (κ3) is 4.34. The van der Waals surface area contributed by atoms with Gasteiger partial charge in [0, 0.05) is 37.6 Å². The molecule has 2 unspecified atom stereocenters. The fraction of sp³-hybridized carbons (Fsp3) is 0.500. The topological polar surface area (TPSA) is 77.9 Å². The van der Waals surface area contributed by atoms with Crippen molar-refractivity contribution in [3.8, 4) is 0 Å². The lowest BCUT2D eigenvalue weighted by Gasteiger charge is -2.36. The molecule has 2 amide bonds. The fourth-order valence-electron chi connectivity index (χ4n) is 3.44. The number of nitrogens with zero attached hydrogens (tertiary/aromatic N) is 2. The number of carbonyl (C=O) groups is 3. The summed E-state index contributed by atoms with van der Waals surface area (Å²) in [5.74, 6) is 0.121. The van der Waals surface area contributed by atoms with E-state index in [-0.39, 0.29) is 36.6 Å². The van der Waals surface area contributed by atoms with Crippen molar-refractivity contribution in [1.82, 2.24) is 9.80 Å². The van der Waals surface area contributed by atoms with Crippen molar-refractivity contribution in [2.75, 3.05) is 24.6 Å². The van der Waals surface area contributed by atoms with Gasteiger partial charge in [-0.15, -0.1) is 0 Å². The first-order valence-corrected chi connectivity index (χ1v) is 9.62. The number of hydrogen-bond donors (Lipinski definition) is 1. The predicted molar refractivity (Wildman–Crippen MR) is 95.0 cm³/mol. The van der Waals surface area contributed by atoms with E-state index in [4.69, 9.17) is 5.11 Å². The summed E-state index contributed by atoms with van der Waals surface area (Å²) in [5.41, 5.74) is 1.04. The van der Waals surface area contributed by atoms with Crippen molar-refractivity contribution >= 4 is 29.5 Å². The molecular formula is C18H22N2O4S. The largest absolute Gasteiger partial charge is 0.481 e. The van der Waals surface area contributed by atoms with Gasteiger partial charge in [0.2, 0.25) is 11.8 Å². The molecule has 0 radical (unpaired) electrons. The lowest BCUT2D eigenvalue weighted by atomic mass is 10.0. The third-order valence-electron chi connectivity index (χ3n) is 4.70. The summed E-state index contributed by atoms with van der Waals surface area (Å²) in [6.45, 7) is 1.48. The van der Waals surface area contributed by atoms with Crippen molar-refractivity contribution in [2.45, 2.75) is 25.4 Å². The molecule has 2 atom stereocenters. The molecule has 0 bridgehead atoms. The van der Waals surface area contributed by atoms with Crippen LogP contribution in [0.1, 0.15) is 18.4 Å². The number of benzene rings is 1. The monoisotopic (exact) mass is 362 g/mol. The van der Waals surface area contributed by atoms with E-state index in [1.807, 2.05) is 30.3 Å². The number of rotatable bonds is 5. The number of aliphatic carboxylic acids is 1. The Morgan fingerprint density at radius 1 is 1.24 bits per heavy atom. The normalized spacial score (nSPS) is 23.8. The Kier molecular flexibility index (Phi) is 5.63. The van der Waals surface area contributed by atoms with Crippen LogP contribution in [0.3, 0.4) is 0 Å². The number of carboxylic acids is 1. The van der Waals surface area contributed by atoms with Crippen molar-refractivity contribution in [2.24, 2.45) is 5.92 Å². The molecule has 2 aliphatic heterocycles. The summed E-state index contributed by atoms with van der Waals surface area (Å²) in [6.07, 6.45) is 0.183. The van der Waals surface area contributed by atoms with Gasteiger partial charge in [0.05, 0.1) is 18.4 Å². The minimum Gasteiger partial charge on any atom is -0.481 e. The molecule has 2 heterocycles. The predicted octanol–water partition coefficient (Wildman–Crippen LogP) is 1.45. The smallest absolute Gasteiger partial charge is 0.305 e. The standard InChI is InChI=1S/C18H22N2O4S/c21-16-8-14(11-19(16)10-13-4-2-1-3-5-13)18(24)20-6-7-25-12-15(20)9-17(22)23/h1-5,14-15H,6-12H2,(H,22,23). The Balaban J connectivity index is 1.64.